The van der Waals surface area contributed by atoms with Crippen LogP contribution in [0.1, 0.15) is 69.2 Å². The highest BCUT2D eigenvalue weighted by atomic mass is 32.2. The summed E-state index contributed by atoms with van der Waals surface area (Å²) in [6.45, 7) is 3.04. The van der Waals surface area contributed by atoms with Gasteiger partial charge in [-0.2, -0.15) is 18.4 Å². The zero-order chi connectivity index (χ0) is 20.3. The standard InChI is InChI=1S/C21H23F3N2OS/c1-11(27)12(2)28-19-16(10-25)17(21(22,23)24)6-18(26-19)20-7-13-3-14(8-20)5-15(4-13)9-20/h6,12-15H,3-5,7-9H2,1-2H3. The van der Waals surface area contributed by atoms with E-state index in [4.69, 9.17) is 0 Å². The molecule has 0 N–H and O–H groups in total. The van der Waals surface area contributed by atoms with Crippen molar-refractivity contribution in [3.8, 4) is 6.07 Å². The third kappa shape index (κ3) is 3.34. The van der Waals surface area contributed by atoms with Crippen LogP contribution in [-0.2, 0) is 16.4 Å². The summed E-state index contributed by atoms with van der Waals surface area (Å²) in [5.41, 5.74) is -1.19. The van der Waals surface area contributed by atoms with E-state index in [0.717, 1.165) is 37.1 Å². The van der Waals surface area contributed by atoms with Gasteiger partial charge < -0.3 is 0 Å². The van der Waals surface area contributed by atoms with Crippen LogP contribution < -0.4 is 0 Å². The molecule has 5 rings (SSSR count). The molecule has 3 nitrogen and oxygen atoms in total. The van der Waals surface area contributed by atoms with Crippen LogP contribution in [-0.4, -0.2) is 16.0 Å². The Labute approximate surface area is 167 Å². The molecule has 1 atom stereocenters. The smallest absolute Gasteiger partial charge is 0.299 e. The normalized spacial score (nSPS) is 32.2. The molecule has 7 heteroatoms. The first-order chi connectivity index (χ1) is 13.1. The van der Waals surface area contributed by atoms with Crippen molar-refractivity contribution in [3.05, 3.63) is 22.9 Å². The predicted octanol–water partition coefficient (Wildman–Crippen LogP) is 5.51. The number of nitrogens with zero attached hydrogens (tertiary/aromatic N) is 2. The third-order valence-corrected chi connectivity index (χ3v) is 8.05. The van der Waals surface area contributed by atoms with Crippen LogP contribution in [0.15, 0.2) is 11.1 Å². The summed E-state index contributed by atoms with van der Waals surface area (Å²) in [4.78, 5) is 16.3. The quantitative estimate of drug-likeness (QED) is 0.617. The Hall–Kier alpha value is -1.55. The SMILES string of the molecule is CC(=O)C(C)Sc1nc(C23CC4CC(CC(C4)C2)C3)cc(C(F)(F)F)c1C#N. The Morgan fingerprint density at radius 3 is 2.21 bits per heavy atom. The molecule has 0 saturated heterocycles. The average Bonchev–Trinajstić information content (AvgIpc) is 2.59. The van der Waals surface area contributed by atoms with Crippen molar-refractivity contribution in [3.63, 3.8) is 0 Å². The number of halogens is 3. The van der Waals surface area contributed by atoms with Crippen molar-refractivity contribution < 1.29 is 18.0 Å². The predicted molar refractivity (Wildman–Crippen MR) is 99.8 cm³/mol. The van der Waals surface area contributed by atoms with Gasteiger partial charge >= 0.3 is 6.18 Å². The molecule has 28 heavy (non-hydrogen) atoms. The minimum Gasteiger partial charge on any atom is -0.299 e. The fraction of sp³-hybridized carbons (Fsp3) is 0.667. The van der Waals surface area contributed by atoms with Gasteiger partial charge in [0, 0.05) is 11.1 Å². The summed E-state index contributed by atoms with van der Waals surface area (Å²) in [5, 5.41) is 8.95. The van der Waals surface area contributed by atoms with Crippen molar-refractivity contribution in [2.45, 2.75) is 74.2 Å². The molecule has 1 aromatic rings. The van der Waals surface area contributed by atoms with Crippen molar-refractivity contribution in [2.75, 3.05) is 0 Å². The number of hydrogen-bond donors (Lipinski definition) is 0. The summed E-state index contributed by atoms with van der Waals surface area (Å²) < 4.78 is 41.4. The zero-order valence-electron chi connectivity index (χ0n) is 16.0. The first-order valence-electron chi connectivity index (χ1n) is 9.81. The Balaban J connectivity index is 1.84. The zero-order valence-corrected chi connectivity index (χ0v) is 16.8. The number of pyridine rings is 1. The fourth-order valence-electron chi connectivity index (χ4n) is 5.89. The number of thioether (sulfide) groups is 1. The van der Waals surface area contributed by atoms with E-state index in [9.17, 15) is 23.2 Å². The van der Waals surface area contributed by atoms with Gasteiger partial charge in [0.25, 0.3) is 0 Å². The van der Waals surface area contributed by atoms with Gasteiger partial charge in [0.2, 0.25) is 0 Å². The molecule has 1 heterocycles. The maximum absolute atomic E-state index is 13.8. The van der Waals surface area contributed by atoms with E-state index in [1.165, 1.54) is 26.2 Å². The molecule has 0 spiro atoms. The molecule has 4 aliphatic rings. The van der Waals surface area contributed by atoms with Crippen molar-refractivity contribution in [1.29, 1.82) is 5.26 Å². The lowest BCUT2D eigenvalue weighted by molar-refractivity contribution is -0.138. The van der Waals surface area contributed by atoms with Gasteiger partial charge in [0.05, 0.1) is 16.4 Å². The Morgan fingerprint density at radius 2 is 1.79 bits per heavy atom. The molecule has 0 radical (unpaired) electrons. The summed E-state index contributed by atoms with van der Waals surface area (Å²) in [7, 11) is 0. The minimum atomic E-state index is -4.63. The lowest BCUT2D eigenvalue weighted by atomic mass is 9.48. The Bertz CT molecular complexity index is 823. The number of alkyl halides is 3. The van der Waals surface area contributed by atoms with Crippen molar-refractivity contribution in [2.24, 2.45) is 17.8 Å². The summed E-state index contributed by atoms with van der Waals surface area (Å²) in [6.07, 6.45) is 1.60. The Kier molecular flexibility index (Phi) is 4.77. The molecule has 150 valence electrons. The van der Waals surface area contributed by atoms with E-state index in [1.54, 1.807) is 13.0 Å². The maximum atomic E-state index is 13.8. The number of aromatic nitrogens is 1. The first kappa shape index (κ1) is 19.8. The number of carbonyl (C=O) groups excluding carboxylic acids is 1. The van der Waals surface area contributed by atoms with Gasteiger partial charge in [-0.3, -0.25) is 4.79 Å². The third-order valence-electron chi connectivity index (χ3n) is 6.85. The number of ketones is 1. The molecular formula is C21H23F3N2OS. The van der Waals surface area contributed by atoms with Crippen LogP contribution in [0.2, 0.25) is 0 Å². The summed E-state index contributed by atoms with van der Waals surface area (Å²) in [5.74, 6) is 1.57. The summed E-state index contributed by atoms with van der Waals surface area (Å²) >= 11 is 0.968. The molecular weight excluding hydrogens is 385 g/mol. The van der Waals surface area contributed by atoms with E-state index >= 15 is 0 Å². The fourth-order valence-corrected chi connectivity index (χ4v) is 6.81. The second-order valence-corrected chi connectivity index (χ2v) is 10.2. The molecule has 1 unspecified atom stereocenters. The molecule has 4 fully saturated rings. The topological polar surface area (TPSA) is 53.8 Å². The van der Waals surface area contributed by atoms with E-state index < -0.39 is 22.6 Å². The number of nitriles is 1. The average molecular weight is 408 g/mol. The number of Topliss-reactive ketones (excluding diaryl/α,β-unsaturated/α-hetero) is 1. The van der Waals surface area contributed by atoms with E-state index in [0.29, 0.717) is 23.4 Å². The highest BCUT2D eigenvalue weighted by Gasteiger charge is 2.53. The van der Waals surface area contributed by atoms with Crippen LogP contribution >= 0.6 is 11.8 Å². The van der Waals surface area contributed by atoms with Crippen LogP contribution in [0.4, 0.5) is 13.2 Å². The molecule has 4 bridgehead atoms. The van der Waals surface area contributed by atoms with E-state index in [2.05, 4.69) is 4.98 Å². The number of hydrogen-bond acceptors (Lipinski definition) is 4. The molecule has 0 aromatic carbocycles. The van der Waals surface area contributed by atoms with Gasteiger partial charge in [-0.1, -0.05) is 11.8 Å². The number of rotatable bonds is 4. The van der Waals surface area contributed by atoms with Gasteiger partial charge in [-0.15, -0.1) is 0 Å². The van der Waals surface area contributed by atoms with E-state index in [-0.39, 0.29) is 16.2 Å². The Morgan fingerprint density at radius 1 is 1.25 bits per heavy atom. The monoisotopic (exact) mass is 408 g/mol. The molecule has 0 amide bonds. The largest absolute Gasteiger partial charge is 0.417 e. The van der Waals surface area contributed by atoms with Crippen molar-refractivity contribution >= 4 is 17.5 Å². The lowest BCUT2D eigenvalue weighted by Gasteiger charge is -2.56. The second-order valence-electron chi connectivity index (χ2n) is 8.91. The van der Waals surface area contributed by atoms with Crippen molar-refractivity contribution in [1.82, 2.24) is 4.98 Å². The molecule has 4 aliphatic carbocycles. The second kappa shape index (κ2) is 6.76. The first-order valence-corrected chi connectivity index (χ1v) is 10.7. The van der Waals surface area contributed by atoms with Gasteiger partial charge in [0.15, 0.2) is 0 Å². The van der Waals surface area contributed by atoms with Crippen LogP contribution in [0.25, 0.3) is 0 Å². The van der Waals surface area contributed by atoms with Crippen LogP contribution in [0, 0.1) is 29.1 Å². The van der Waals surface area contributed by atoms with Gasteiger partial charge in [0.1, 0.15) is 16.9 Å². The van der Waals surface area contributed by atoms with Gasteiger partial charge in [-0.25, -0.2) is 4.98 Å². The lowest BCUT2D eigenvalue weighted by Crippen LogP contribution is -2.49. The molecule has 0 aliphatic heterocycles. The van der Waals surface area contributed by atoms with Gasteiger partial charge in [-0.05, 0) is 76.2 Å². The van der Waals surface area contributed by atoms with Crippen LogP contribution in [0.5, 0.6) is 0 Å². The minimum absolute atomic E-state index is 0.0470. The van der Waals surface area contributed by atoms with E-state index in [1.807, 2.05) is 0 Å². The highest BCUT2D eigenvalue weighted by molar-refractivity contribution is 8.00. The number of carbonyl (C=O) groups is 1. The summed E-state index contributed by atoms with van der Waals surface area (Å²) in [6, 6.07) is 2.83. The maximum Gasteiger partial charge on any atom is 0.417 e. The highest BCUT2D eigenvalue weighted by Crippen LogP contribution is 2.60. The van der Waals surface area contributed by atoms with Crippen LogP contribution in [0.3, 0.4) is 0 Å². The molecule has 1 aromatic heterocycles. The molecule has 4 saturated carbocycles.